The number of hydrogen-bond acceptors (Lipinski definition) is 3. The van der Waals surface area contributed by atoms with Gasteiger partial charge in [-0.2, -0.15) is 0 Å². The minimum absolute atomic E-state index is 0.0875. The van der Waals surface area contributed by atoms with Crippen LogP contribution in [0.15, 0.2) is 24.3 Å². The number of nitrogens with zero attached hydrogens (tertiary/aromatic N) is 1. The maximum Gasteiger partial charge on any atom is 0.249 e. The highest BCUT2D eigenvalue weighted by atomic mass is 16.5. The molecule has 4 heteroatoms. The number of methoxy groups -OCH3 is 1. The van der Waals surface area contributed by atoms with Crippen LogP contribution in [-0.2, 0) is 14.3 Å². The van der Waals surface area contributed by atoms with Gasteiger partial charge in [0, 0.05) is 13.7 Å². The van der Waals surface area contributed by atoms with E-state index in [2.05, 4.69) is 31.2 Å². The Labute approximate surface area is 133 Å². The van der Waals surface area contributed by atoms with Crippen molar-refractivity contribution in [3.05, 3.63) is 35.4 Å². The Kier molecular flexibility index (Phi) is 6.87. The topological polar surface area (TPSA) is 38.8 Å². The highest BCUT2D eigenvalue weighted by Crippen LogP contribution is 2.30. The van der Waals surface area contributed by atoms with Crippen LogP contribution in [0.25, 0.3) is 0 Å². The number of benzene rings is 1. The molecule has 0 spiro atoms. The molecule has 1 saturated heterocycles. The molecule has 0 N–H and O–H groups in total. The SMILES string of the molecule is COCCOCC(=O)N1CCCCC[C@@H]1c1cccc(C)c1. The molecular formula is C18H27NO3. The van der Waals surface area contributed by atoms with E-state index in [1.807, 2.05) is 4.90 Å². The van der Waals surface area contributed by atoms with Crippen LogP contribution in [0.4, 0.5) is 0 Å². The largest absolute Gasteiger partial charge is 0.382 e. The first-order valence-electron chi connectivity index (χ1n) is 8.15. The first-order valence-corrected chi connectivity index (χ1v) is 8.15. The van der Waals surface area contributed by atoms with Crippen molar-refractivity contribution >= 4 is 5.91 Å². The van der Waals surface area contributed by atoms with Gasteiger partial charge < -0.3 is 14.4 Å². The predicted molar refractivity (Wildman–Crippen MR) is 86.8 cm³/mol. The molecule has 2 rings (SSSR count). The van der Waals surface area contributed by atoms with Crippen LogP contribution >= 0.6 is 0 Å². The van der Waals surface area contributed by atoms with E-state index in [9.17, 15) is 4.79 Å². The number of carbonyl (C=O) groups excluding carboxylic acids is 1. The van der Waals surface area contributed by atoms with Gasteiger partial charge in [-0.3, -0.25) is 4.79 Å². The quantitative estimate of drug-likeness (QED) is 0.758. The van der Waals surface area contributed by atoms with E-state index in [0.29, 0.717) is 13.2 Å². The lowest BCUT2D eigenvalue weighted by molar-refractivity contribution is -0.139. The predicted octanol–water partition coefficient (Wildman–Crippen LogP) is 3.10. The molecule has 22 heavy (non-hydrogen) atoms. The Morgan fingerprint density at radius 3 is 2.91 bits per heavy atom. The highest BCUT2D eigenvalue weighted by Gasteiger charge is 2.26. The second-order valence-corrected chi connectivity index (χ2v) is 5.91. The summed E-state index contributed by atoms with van der Waals surface area (Å²) in [6, 6.07) is 8.69. The summed E-state index contributed by atoms with van der Waals surface area (Å²) in [5, 5.41) is 0. The number of aryl methyl sites for hydroxylation is 1. The summed E-state index contributed by atoms with van der Waals surface area (Å²) in [5.74, 6) is 0.0875. The van der Waals surface area contributed by atoms with Crippen molar-refractivity contribution in [3.63, 3.8) is 0 Å². The van der Waals surface area contributed by atoms with Gasteiger partial charge in [0.15, 0.2) is 0 Å². The van der Waals surface area contributed by atoms with Crippen LogP contribution in [0.5, 0.6) is 0 Å². The number of amides is 1. The van der Waals surface area contributed by atoms with Crippen LogP contribution in [-0.4, -0.2) is 44.3 Å². The minimum atomic E-state index is 0.0875. The van der Waals surface area contributed by atoms with E-state index < -0.39 is 0 Å². The van der Waals surface area contributed by atoms with E-state index in [1.165, 1.54) is 24.0 Å². The first kappa shape index (κ1) is 17.0. The number of ether oxygens (including phenoxy) is 2. The Morgan fingerprint density at radius 2 is 2.14 bits per heavy atom. The first-order chi connectivity index (χ1) is 10.7. The van der Waals surface area contributed by atoms with Crippen molar-refractivity contribution in [1.82, 2.24) is 4.90 Å². The van der Waals surface area contributed by atoms with Crippen LogP contribution in [0.2, 0.25) is 0 Å². The van der Waals surface area contributed by atoms with E-state index >= 15 is 0 Å². The van der Waals surface area contributed by atoms with Gasteiger partial charge >= 0.3 is 0 Å². The summed E-state index contributed by atoms with van der Waals surface area (Å²) in [5.41, 5.74) is 2.48. The zero-order chi connectivity index (χ0) is 15.8. The minimum Gasteiger partial charge on any atom is -0.382 e. The van der Waals surface area contributed by atoms with Gasteiger partial charge in [-0.25, -0.2) is 0 Å². The smallest absolute Gasteiger partial charge is 0.249 e. The summed E-state index contributed by atoms with van der Waals surface area (Å²) in [4.78, 5) is 14.6. The molecule has 1 aromatic rings. The van der Waals surface area contributed by atoms with Crippen molar-refractivity contribution in [3.8, 4) is 0 Å². The molecule has 0 unspecified atom stereocenters. The molecule has 122 valence electrons. The zero-order valence-electron chi connectivity index (χ0n) is 13.7. The molecule has 1 fully saturated rings. The highest BCUT2D eigenvalue weighted by molar-refractivity contribution is 5.78. The maximum absolute atomic E-state index is 12.5. The summed E-state index contributed by atoms with van der Waals surface area (Å²) in [6.07, 6.45) is 4.48. The molecule has 0 radical (unpaired) electrons. The van der Waals surface area contributed by atoms with Crippen LogP contribution in [0, 0.1) is 6.92 Å². The summed E-state index contributed by atoms with van der Waals surface area (Å²) in [6.45, 7) is 4.05. The van der Waals surface area contributed by atoms with E-state index in [1.54, 1.807) is 7.11 Å². The van der Waals surface area contributed by atoms with Gasteiger partial charge in [0.2, 0.25) is 5.91 Å². The van der Waals surface area contributed by atoms with E-state index in [0.717, 1.165) is 19.4 Å². The van der Waals surface area contributed by atoms with Crippen LogP contribution in [0.1, 0.15) is 42.9 Å². The molecule has 0 aromatic heterocycles. The number of carbonyl (C=O) groups is 1. The summed E-state index contributed by atoms with van der Waals surface area (Å²) in [7, 11) is 1.63. The third-order valence-corrected chi connectivity index (χ3v) is 4.16. The van der Waals surface area contributed by atoms with Crippen LogP contribution < -0.4 is 0 Å². The second kappa shape index (κ2) is 8.91. The number of rotatable bonds is 6. The maximum atomic E-state index is 12.5. The number of likely N-dealkylation sites (tertiary alicyclic amines) is 1. The molecule has 0 aliphatic carbocycles. The molecule has 1 aliphatic rings. The van der Waals surface area contributed by atoms with Gasteiger partial charge in [0.25, 0.3) is 0 Å². The Morgan fingerprint density at radius 1 is 1.27 bits per heavy atom. The molecule has 1 heterocycles. The second-order valence-electron chi connectivity index (χ2n) is 5.91. The third kappa shape index (κ3) is 4.82. The summed E-state index contributed by atoms with van der Waals surface area (Å²) >= 11 is 0. The van der Waals surface area contributed by atoms with Gasteiger partial charge in [-0.05, 0) is 25.3 Å². The normalized spacial score (nSPS) is 19.0. The zero-order valence-corrected chi connectivity index (χ0v) is 13.7. The molecule has 0 bridgehead atoms. The van der Waals surface area contributed by atoms with Gasteiger partial charge in [0.05, 0.1) is 19.3 Å². The lowest BCUT2D eigenvalue weighted by atomic mass is 9.99. The van der Waals surface area contributed by atoms with Crippen molar-refractivity contribution in [2.75, 3.05) is 33.5 Å². The Bertz CT molecular complexity index is 475. The lowest BCUT2D eigenvalue weighted by Crippen LogP contribution is -2.37. The monoisotopic (exact) mass is 305 g/mol. The van der Waals surface area contributed by atoms with Crippen LogP contribution in [0.3, 0.4) is 0 Å². The molecule has 0 saturated carbocycles. The molecular weight excluding hydrogens is 278 g/mol. The van der Waals surface area contributed by atoms with Gasteiger partial charge in [0.1, 0.15) is 6.61 Å². The fraction of sp³-hybridized carbons (Fsp3) is 0.611. The van der Waals surface area contributed by atoms with E-state index in [-0.39, 0.29) is 18.6 Å². The standard InChI is InChI=1S/C18H27NO3/c1-15-7-6-8-16(13-15)17-9-4-3-5-10-19(17)18(20)14-22-12-11-21-2/h6-8,13,17H,3-5,9-12,14H2,1-2H3/t17-/m1/s1. The fourth-order valence-corrected chi connectivity index (χ4v) is 3.02. The van der Waals surface area contributed by atoms with E-state index in [4.69, 9.17) is 9.47 Å². The summed E-state index contributed by atoms with van der Waals surface area (Å²) < 4.78 is 10.4. The third-order valence-electron chi connectivity index (χ3n) is 4.16. The average Bonchev–Trinajstić information content (AvgIpc) is 2.77. The molecule has 4 nitrogen and oxygen atoms in total. The Balaban J connectivity index is 2.05. The molecule has 1 amide bonds. The molecule has 1 atom stereocenters. The molecule has 1 aliphatic heterocycles. The average molecular weight is 305 g/mol. The lowest BCUT2D eigenvalue weighted by Gasteiger charge is -2.30. The van der Waals surface area contributed by atoms with Crippen molar-refractivity contribution < 1.29 is 14.3 Å². The van der Waals surface area contributed by atoms with Gasteiger partial charge in [-0.15, -0.1) is 0 Å². The fourth-order valence-electron chi connectivity index (χ4n) is 3.02. The Hall–Kier alpha value is -1.39. The number of hydrogen-bond donors (Lipinski definition) is 0. The molecule has 1 aromatic carbocycles. The van der Waals surface area contributed by atoms with Crippen molar-refractivity contribution in [1.29, 1.82) is 0 Å². The van der Waals surface area contributed by atoms with Crippen molar-refractivity contribution in [2.24, 2.45) is 0 Å². The van der Waals surface area contributed by atoms with Gasteiger partial charge in [-0.1, -0.05) is 42.7 Å². The van der Waals surface area contributed by atoms with Crippen molar-refractivity contribution in [2.45, 2.75) is 38.6 Å².